The Kier molecular flexibility index (Phi) is 5.83. The van der Waals surface area contributed by atoms with E-state index in [2.05, 4.69) is 5.92 Å². The molecule has 5 nitrogen and oxygen atoms in total. The third-order valence-corrected chi connectivity index (χ3v) is 4.04. The van der Waals surface area contributed by atoms with Crippen LogP contribution in [0.2, 0.25) is 0 Å². The SMILES string of the molecule is C#CCOc1ccc(C=C2C(=O)N(CC)C(=S)N2C)cc1OCC. The van der Waals surface area contributed by atoms with E-state index < -0.39 is 0 Å². The van der Waals surface area contributed by atoms with Gasteiger partial charge in [-0.05, 0) is 49.8 Å². The molecule has 0 spiro atoms. The molecule has 0 aromatic heterocycles. The molecule has 1 amide bonds. The molecule has 0 aliphatic carbocycles. The lowest BCUT2D eigenvalue weighted by Crippen LogP contribution is -2.30. The van der Waals surface area contributed by atoms with Gasteiger partial charge in [-0.25, -0.2) is 0 Å². The first-order valence-electron chi connectivity index (χ1n) is 7.67. The number of carbonyl (C=O) groups excluding carboxylic acids is 1. The zero-order valence-corrected chi connectivity index (χ0v) is 14.9. The van der Waals surface area contributed by atoms with Gasteiger partial charge in [0.2, 0.25) is 0 Å². The Balaban J connectivity index is 2.35. The van der Waals surface area contributed by atoms with Gasteiger partial charge in [-0.3, -0.25) is 9.69 Å². The Labute approximate surface area is 147 Å². The molecular formula is C18H20N2O3S. The highest BCUT2D eigenvalue weighted by Crippen LogP contribution is 2.30. The fourth-order valence-electron chi connectivity index (χ4n) is 2.37. The molecule has 1 fully saturated rings. The minimum atomic E-state index is -0.101. The Morgan fingerprint density at radius 3 is 2.62 bits per heavy atom. The van der Waals surface area contributed by atoms with Crippen LogP contribution in [0, 0.1) is 12.3 Å². The molecule has 1 saturated heterocycles. The molecule has 0 radical (unpaired) electrons. The summed E-state index contributed by atoms with van der Waals surface area (Å²) in [6.07, 6.45) is 7.01. The third-order valence-electron chi connectivity index (χ3n) is 3.54. The van der Waals surface area contributed by atoms with Crippen LogP contribution in [0.5, 0.6) is 11.5 Å². The highest BCUT2D eigenvalue weighted by molar-refractivity contribution is 7.80. The van der Waals surface area contributed by atoms with Gasteiger partial charge in [0.15, 0.2) is 16.6 Å². The largest absolute Gasteiger partial charge is 0.490 e. The van der Waals surface area contributed by atoms with Crippen LogP contribution >= 0.6 is 12.2 Å². The van der Waals surface area contributed by atoms with E-state index in [4.69, 9.17) is 28.1 Å². The topological polar surface area (TPSA) is 42.0 Å². The van der Waals surface area contributed by atoms with Crippen molar-refractivity contribution in [2.24, 2.45) is 0 Å². The average molecular weight is 344 g/mol. The van der Waals surface area contributed by atoms with Crippen molar-refractivity contribution in [3.63, 3.8) is 0 Å². The molecule has 1 heterocycles. The number of terminal acetylenes is 1. The molecule has 0 atom stereocenters. The van der Waals surface area contributed by atoms with Gasteiger partial charge in [0.1, 0.15) is 12.3 Å². The van der Waals surface area contributed by atoms with Crippen molar-refractivity contribution in [1.82, 2.24) is 9.80 Å². The second-order valence-electron chi connectivity index (χ2n) is 5.05. The summed E-state index contributed by atoms with van der Waals surface area (Å²) in [6, 6.07) is 5.45. The molecule has 1 aliphatic heterocycles. The van der Waals surface area contributed by atoms with Crippen molar-refractivity contribution in [1.29, 1.82) is 0 Å². The summed E-state index contributed by atoms with van der Waals surface area (Å²) in [7, 11) is 1.79. The van der Waals surface area contributed by atoms with Crippen LogP contribution in [-0.4, -0.2) is 47.6 Å². The maximum atomic E-state index is 12.4. The van der Waals surface area contributed by atoms with E-state index >= 15 is 0 Å². The number of benzene rings is 1. The molecule has 0 bridgehead atoms. The number of hydrogen-bond donors (Lipinski definition) is 0. The minimum Gasteiger partial charge on any atom is -0.490 e. The highest BCUT2D eigenvalue weighted by Gasteiger charge is 2.34. The highest BCUT2D eigenvalue weighted by atomic mass is 32.1. The molecule has 6 heteroatoms. The van der Waals surface area contributed by atoms with E-state index in [1.54, 1.807) is 29.0 Å². The van der Waals surface area contributed by atoms with Crippen molar-refractivity contribution in [3.8, 4) is 23.8 Å². The summed E-state index contributed by atoms with van der Waals surface area (Å²) in [4.78, 5) is 15.7. The van der Waals surface area contributed by atoms with Crippen molar-refractivity contribution in [3.05, 3.63) is 29.5 Å². The van der Waals surface area contributed by atoms with Gasteiger partial charge < -0.3 is 14.4 Å². The first-order valence-corrected chi connectivity index (χ1v) is 8.08. The molecular weight excluding hydrogens is 324 g/mol. The number of carbonyl (C=O) groups is 1. The maximum Gasteiger partial charge on any atom is 0.276 e. The molecule has 1 aromatic carbocycles. The monoisotopic (exact) mass is 344 g/mol. The fourth-order valence-corrected chi connectivity index (χ4v) is 2.68. The van der Waals surface area contributed by atoms with E-state index in [9.17, 15) is 4.79 Å². The molecule has 0 saturated carbocycles. The zero-order valence-electron chi connectivity index (χ0n) is 14.0. The lowest BCUT2D eigenvalue weighted by Gasteiger charge is -2.13. The predicted octanol–water partition coefficient (Wildman–Crippen LogP) is 2.52. The number of likely N-dealkylation sites (N-methyl/N-ethyl adjacent to an activating group) is 2. The lowest BCUT2D eigenvalue weighted by molar-refractivity contribution is -0.122. The van der Waals surface area contributed by atoms with Crippen LogP contribution in [0.3, 0.4) is 0 Å². The van der Waals surface area contributed by atoms with Gasteiger partial charge in [0.25, 0.3) is 5.91 Å². The number of nitrogens with zero attached hydrogens (tertiary/aromatic N) is 2. The Hall–Kier alpha value is -2.52. The smallest absolute Gasteiger partial charge is 0.276 e. The van der Waals surface area contributed by atoms with Crippen molar-refractivity contribution in [2.75, 3.05) is 26.8 Å². The molecule has 1 aliphatic rings. The van der Waals surface area contributed by atoms with Crippen LogP contribution in [0.25, 0.3) is 6.08 Å². The normalized spacial score (nSPS) is 15.8. The van der Waals surface area contributed by atoms with Crippen LogP contribution < -0.4 is 9.47 Å². The Bertz CT molecular complexity index is 721. The van der Waals surface area contributed by atoms with E-state index in [0.29, 0.717) is 35.5 Å². The number of rotatable bonds is 6. The molecule has 126 valence electrons. The van der Waals surface area contributed by atoms with Gasteiger partial charge in [-0.1, -0.05) is 12.0 Å². The molecule has 0 unspecified atom stereocenters. The molecule has 1 aromatic rings. The first kappa shape index (κ1) is 17.8. The quantitative estimate of drug-likeness (QED) is 0.451. The maximum absolute atomic E-state index is 12.4. The standard InChI is InChI=1S/C18H20N2O3S/c1-5-10-23-15-9-8-13(12-16(15)22-7-3)11-14-17(21)20(6-2)18(24)19(14)4/h1,8-9,11-12H,6-7,10H2,2-4H3. The number of amides is 1. The minimum absolute atomic E-state index is 0.101. The van der Waals surface area contributed by atoms with Crippen LogP contribution in [0.4, 0.5) is 0 Å². The number of hydrogen-bond acceptors (Lipinski definition) is 4. The summed E-state index contributed by atoms with van der Waals surface area (Å²) in [5.74, 6) is 3.49. The summed E-state index contributed by atoms with van der Waals surface area (Å²) >= 11 is 5.30. The van der Waals surface area contributed by atoms with Gasteiger partial charge >= 0.3 is 0 Å². The summed E-state index contributed by atoms with van der Waals surface area (Å²) in [5.41, 5.74) is 1.35. The Morgan fingerprint density at radius 1 is 1.29 bits per heavy atom. The molecule has 24 heavy (non-hydrogen) atoms. The van der Waals surface area contributed by atoms with Crippen molar-refractivity contribution in [2.45, 2.75) is 13.8 Å². The van der Waals surface area contributed by atoms with E-state index in [-0.39, 0.29) is 12.5 Å². The second-order valence-corrected chi connectivity index (χ2v) is 5.42. The van der Waals surface area contributed by atoms with Gasteiger partial charge in [-0.15, -0.1) is 6.42 Å². The third kappa shape index (κ3) is 3.52. The van der Waals surface area contributed by atoms with E-state index in [1.807, 2.05) is 26.0 Å². The summed E-state index contributed by atoms with van der Waals surface area (Å²) < 4.78 is 11.1. The van der Waals surface area contributed by atoms with Gasteiger partial charge in [0.05, 0.1) is 6.61 Å². The second kappa shape index (κ2) is 7.84. The van der Waals surface area contributed by atoms with Crippen LogP contribution in [0.1, 0.15) is 19.4 Å². The van der Waals surface area contributed by atoms with Crippen molar-refractivity contribution >= 4 is 29.3 Å². The van der Waals surface area contributed by atoms with Gasteiger partial charge in [0, 0.05) is 13.6 Å². The summed E-state index contributed by atoms with van der Waals surface area (Å²) in [6.45, 7) is 5.00. The Morgan fingerprint density at radius 2 is 2.04 bits per heavy atom. The first-order chi connectivity index (χ1) is 11.5. The molecule has 2 rings (SSSR count). The average Bonchev–Trinajstić information content (AvgIpc) is 2.77. The van der Waals surface area contributed by atoms with Crippen LogP contribution in [-0.2, 0) is 4.79 Å². The van der Waals surface area contributed by atoms with E-state index in [1.165, 1.54) is 0 Å². The van der Waals surface area contributed by atoms with E-state index in [0.717, 1.165) is 5.56 Å². The zero-order chi connectivity index (χ0) is 17.7. The number of thiocarbonyl (C=S) groups is 1. The van der Waals surface area contributed by atoms with Gasteiger partial charge in [-0.2, -0.15) is 0 Å². The number of ether oxygens (including phenoxy) is 2. The van der Waals surface area contributed by atoms with Crippen molar-refractivity contribution < 1.29 is 14.3 Å². The predicted molar refractivity (Wildman–Crippen MR) is 97.7 cm³/mol. The van der Waals surface area contributed by atoms with Crippen LogP contribution in [0.15, 0.2) is 23.9 Å². The fraction of sp³-hybridized carbons (Fsp3) is 0.333. The molecule has 0 N–H and O–H groups in total. The summed E-state index contributed by atoms with van der Waals surface area (Å²) in [5, 5.41) is 0.507. The lowest BCUT2D eigenvalue weighted by atomic mass is 10.1.